The standard InChI is InChI=1S/C14H16S/c1-2-3-4-5-6-10-13-15-14-11-8-7-9-12-14/h2,6-9,11-13H,1,3-5H2. The molecule has 0 saturated carbocycles. The van der Waals surface area contributed by atoms with Crippen molar-refractivity contribution >= 4 is 11.8 Å². The summed E-state index contributed by atoms with van der Waals surface area (Å²) in [6.45, 7) is 3.69. The molecule has 0 atom stereocenters. The minimum atomic E-state index is 1.08. The molecule has 0 nitrogen and oxygen atoms in total. The van der Waals surface area contributed by atoms with Gasteiger partial charge in [-0.15, -0.1) is 12.3 Å². The molecule has 0 aliphatic rings. The molecular weight excluding hydrogens is 200 g/mol. The average Bonchev–Trinajstić information content (AvgIpc) is 2.29. The predicted octanol–water partition coefficient (Wildman–Crippen LogP) is 4.80. The number of hydrogen-bond acceptors (Lipinski definition) is 1. The van der Waals surface area contributed by atoms with E-state index in [1.54, 1.807) is 11.8 Å². The van der Waals surface area contributed by atoms with Crippen LogP contribution in [0.1, 0.15) is 19.3 Å². The molecule has 0 aliphatic heterocycles. The van der Waals surface area contributed by atoms with Crippen LogP contribution in [0.2, 0.25) is 0 Å². The molecule has 0 radical (unpaired) electrons. The molecule has 1 aromatic rings. The molecule has 0 unspecified atom stereocenters. The molecule has 1 rings (SSSR count). The van der Waals surface area contributed by atoms with Gasteiger partial charge in [-0.3, -0.25) is 0 Å². The first-order valence-electron chi connectivity index (χ1n) is 5.15. The van der Waals surface area contributed by atoms with Crippen LogP contribution in [-0.2, 0) is 0 Å². The number of thioether (sulfide) groups is 1. The van der Waals surface area contributed by atoms with Crippen molar-refractivity contribution in [1.29, 1.82) is 0 Å². The fourth-order valence-electron chi connectivity index (χ4n) is 1.10. The van der Waals surface area contributed by atoms with E-state index in [1.807, 2.05) is 29.7 Å². The first-order chi connectivity index (χ1) is 7.43. The Morgan fingerprint density at radius 3 is 2.73 bits per heavy atom. The zero-order valence-corrected chi connectivity index (χ0v) is 9.67. The highest BCUT2D eigenvalue weighted by molar-refractivity contribution is 8.02. The summed E-state index contributed by atoms with van der Waals surface area (Å²) in [6.07, 6.45) is 7.37. The summed E-state index contributed by atoms with van der Waals surface area (Å²) in [6, 6.07) is 10.3. The van der Waals surface area contributed by atoms with Gasteiger partial charge in [0.15, 0.2) is 0 Å². The van der Waals surface area contributed by atoms with Crippen LogP contribution in [0.4, 0.5) is 0 Å². The molecule has 1 aromatic carbocycles. The molecular formula is C14H16S. The smallest absolute Gasteiger partial charge is 0.0175 e. The van der Waals surface area contributed by atoms with Crippen LogP contribution in [0.15, 0.2) is 65.1 Å². The van der Waals surface area contributed by atoms with Crippen molar-refractivity contribution in [3.05, 3.63) is 60.2 Å². The maximum Gasteiger partial charge on any atom is 0.0175 e. The number of hydrogen-bond donors (Lipinski definition) is 0. The van der Waals surface area contributed by atoms with E-state index in [9.17, 15) is 0 Å². The van der Waals surface area contributed by atoms with Gasteiger partial charge in [0.2, 0.25) is 0 Å². The third-order valence-corrected chi connectivity index (χ3v) is 2.68. The van der Waals surface area contributed by atoms with Crippen molar-refractivity contribution in [3.8, 4) is 0 Å². The molecule has 0 saturated heterocycles. The zero-order chi connectivity index (χ0) is 10.8. The van der Waals surface area contributed by atoms with E-state index in [-0.39, 0.29) is 0 Å². The lowest BCUT2D eigenvalue weighted by molar-refractivity contribution is 0.870. The monoisotopic (exact) mass is 216 g/mol. The van der Waals surface area contributed by atoms with Gasteiger partial charge in [0.1, 0.15) is 0 Å². The van der Waals surface area contributed by atoms with Crippen molar-refractivity contribution < 1.29 is 0 Å². The van der Waals surface area contributed by atoms with E-state index in [1.165, 1.54) is 11.3 Å². The number of rotatable bonds is 6. The summed E-state index contributed by atoms with van der Waals surface area (Å²) in [5.74, 6) is 0. The maximum absolute atomic E-state index is 3.69. The Bertz CT molecular complexity index is 332. The second kappa shape index (κ2) is 8.16. The van der Waals surface area contributed by atoms with Gasteiger partial charge in [-0.2, -0.15) is 0 Å². The second-order valence-electron chi connectivity index (χ2n) is 3.14. The highest BCUT2D eigenvalue weighted by atomic mass is 32.2. The van der Waals surface area contributed by atoms with E-state index >= 15 is 0 Å². The fourth-order valence-corrected chi connectivity index (χ4v) is 1.71. The van der Waals surface area contributed by atoms with Crippen LogP contribution in [0.3, 0.4) is 0 Å². The lowest BCUT2D eigenvalue weighted by Crippen LogP contribution is -1.66. The summed E-state index contributed by atoms with van der Waals surface area (Å²) in [5, 5.41) is 2.00. The van der Waals surface area contributed by atoms with Gasteiger partial charge in [0, 0.05) is 10.3 Å². The molecule has 0 heterocycles. The quantitative estimate of drug-likeness (QED) is 0.285. The van der Waals surface area contributed by atoms with Crippen LogP contribution < -0.4 is 0 Å². The van der Waals surface area contributed by atoms with Crippen LogP contribution in [0.25, 0.3) is 0 Å². The minimum absolute atomic E-state index is 1.08. The molecule has 0 N–H and O–H groups in total. The van der Waals surface area contributed by atoms with Crippen molar-refractivity contribution in [2.45, 2.75) is 24.2 Å². The summed E-state index contributed by atoms with van der Waals surface area (Å²) in [4.78, 5) is 1.25. The summed E-state index contributed by atoms with van der Waals surface area (Å²) < 4.78 is 0. The molecule has 0 aliphatic carbocycles. The van der Waals surface area contributed by atoms with Crippen LogP contribution in [0.5, 0.6) is 0 Å². The highest BCUT2D eigenvalue weighted by Crippen LogP contribution is 2.17. The lowest BCUT2D eigenvalue weighted by atomic mass is 10.2. The Morgan fingerprint density at radius 1 is 1.20 bits per heavy atom. The Kier molecular flexibility index (Phi) is 6.48. The van der Waals surface area contributed by atoms with Gasteiger partial charge in [0.05, 0.1) is 0 Å². The van der Waals surface area contributed by atoms with Gasteiger partial charge < -0.3 is 0 Å². The van der Waals surface area contributed by atoms with E-state index in [2.05, 4.69) is 30.5 Å². The van der Waals surface area contributed by atoms with Gasteiger partial charge >= 0.3 is 0 Å². The molecule has 1 heteroatoms. The average molecular weight is 216 g/mol. The van der Waals surface area contributed by atoms with E-state index < -0.39 is 0 Å². The first kappa shape index (κ1) is 11.9. The topological polar surface area (TPSA) is 0 Å². The molecule has 0 amide bonds. The molecule has 0 aromatic heterocycles. The van der Waals surface area contributed by atoms with E-state index in [0.717, 1.165) is 12.8 Å². The number of unbranched alkanes of at least 4 members (excludes halogenated alkanes) is 2. The molecule has 0 spiro atoms. The van der Waals surface area contributed by atoms with Crippen molar-refractivity contribution in [1.82, 2.24) is 0 Å². The zero-order valence-electron chi connectivity index (χ0n) is 8.86. The van der Waals surface area contributed by atoms with Gasteiger partial charge in [-0.1, -0.05) is 36.0 Å². The number of benzene rings is 1. The third-order valence-electron chi connectivity index (χ3n) is 1.88. The predicted molar refractivity (Wildman–Crippen MR) is 69.0 cm³/mol. The van der Waals surface area contributed by atoms with Crippen molar-refractivity contribution in [2.24, 2.45) is 0 Å². The lowest BCUT2D eigenvalue weighted by Gasteiger charge is -1.91. The van der Waals surface area contributed by atoms with E-state index in [4.69, 9.17) is 0 Å². The summed E-state index contributed by atoms with van der Waals surface area (Å²) in [5.41, 5.74) is 3.17. The number of allylic oxidation sites excluding steroid dienone is 2. The SMILES string of the molecule is C=CCCCC=C=CSc1ccccc1. The minimum Gasteiger partial charge on any atom is -0.118 e. The maximum atomic E-state index is 3.69. The summed E-state index contributed by atoms with van der Waals surface area (Å²) in [7, 11) is 0. The Hall–Kier alpha value is -1.17. The Balaban J connectivity index is 2.24. The van der Waals surface area contributed by atoms with E-state index in [0.29, 0.717) is 0 Å². The highest BCUT2D eigenvalue weighted by Gasteiger charge is 1.84. The molecule has 0 bridgehead atoms. The molecule has 15 heavy (non-hydrogen) atoms. The largest absolute Gasteiger partial charge is 0.118 e. The molecule has 0 fully saturated rings. The molecule has 78 valence electrons. The first-order valence-corrected chi connectivity index (χ1v) is 6.03. The van der Waals surface area contributed by atoms with Crippen molar-refractivity contribution in [3.63, 3.8) is 0 Å². The van der Waals surface area contributed by atoms with Gasteiger partial charge in [-0.05, 0) is 37.5 Å². The van der Waals surface area contributed by atoms with Crippen molar-refractivity contribution in [2.75, 3.05) is 0 Å². The Labute approximate surface area is 96.4 Å². The van der Waals surface area contributed by atoms with Gasteiger partial charge in [0.25, 0.3) is 0 Å². The second-order valence-corrected chi connectivity index (χ2v) is 4.08. The fraction of sp³-hybridized carbons (Fsp3) is 0.214. The summed E-state index contributed by atoms with van der Waals surface area (Å²) >= 11 is 1.70. The normalized spacial score (nSPS) is 9.07. The van der Waals surface area contributed by atoms with Gasteiger partial charge in [-0.25, -0.2) is 0 Å². The third kappa shape index (κ3) is 6.01. The van der Waals surface area contributed by atoms with Crippen LogP contribution >= 0.6 is 11.8 Å². The van der Waals surface area contributed by atoms with Crippen LogP contribution in [-0.4, -0.2) is 0 Å². The van der Waals surface area contributed by atoms with Crippen LogP contribution in [0, 0.1) is 0 Å². The Morgan fingerprint density at radius 2 is 2.00 bits per heavy atom.